The number of unbranched alkanes of at least 4 members (excludes halogenated alkanes) is 7. The van der Waals surface area contributed by atoms with E-state index in [0.29, 0.717) is 23.1 Å². The van der Waals surface area contributed by atoms with E-state index in [4.69, 9.17) is 4.74 Å². The standard InChI is InChI=1S/C36H46N2O4/c1-27-32(33(39)28(2)35(42-3)34(27)40)17-13-8-6-4-5-7-9-14-22-37-23-25-38(26-24-37)36(41)31-20-18-30(19-21-31)29-15-11-10-12-16-29/h10-12,15-16,18-21H,4-9,13-14,17,22-26H2,1-3H3. The molecule has 0 saturated carbocycles. The molecule has 0 bridgehead atoms. The molecule has 1 amide bonds. The Kier molecular flexibility index (Phi) is 11.7. The van der Waals surface area contributed by atoms with E-state index in [2.05, 4.69) is 17.0 Å². The number of hydrogen-bond donors (Lipinski definition) is 0. The topological polar surface area (TPSA) is 66.9 Å². The van der Waals surface area contributed by atoms with Crippen molar-refractivity contribution >= 4 is 17.5 Å². The van der Waals surface area contributed by atoms with Crippen LogP contribution < -0.4 is 0 Å². The minimum Gasteiger partial charge on any atom is -0.492 e. The van der Waals surface area contributed by atoms with Crippen LogP contribution >= 0.6 is 0 Å². The second-order valence-electron chi connectivity index (χ2n) is 11.6. The van der Waals surface area contributed by atoms with Crippen LogP contribution in [0.25, 0.3) is 11.1 Å². The normalized spacial score (nSPS) is 16.4. The predicted molar refractivity (Wildman–Crippen MR) is 168 cm³/mol. The molecular formula is C36H46N2O4. The molecule has 0 unspecified atom stereocenters. The number of ketones is 2. The summed E-state index contributed by atoms with van der Waals surface area (Å²) in [5.41, 5.74) is 4.71. The number of carbonyl (C=O) groups is 3. The van der Waals surface area contributed by atoms with E-state index < -0.39 is 0 Å². The fourth-order valence-electron chi connectivity index (χ4n) is 6.02. The van der Waals surface area contributed by atoms with E-state index in [1.54, 1.807) is 13.8 Å². The second-order valence-corrected chi connectivity index (χ2v) is 11.6. The van der Waals surface area contributed by atoms with E-state index in [1.807, 2.05) is 47.4 Å². The molecular weight excluding hydrogens is 524 g/mol. The summed E-state index contributed by atoms with van der Waals surface area (Å²) in [5, 5.41) is 0. The van der Waals surface area contributed by atoms with E-state index >= 15 is 0 Å². The number of allylic oxidation sites excluding steroid dienone is 3. The molecule has 6 heteroatoms. The van der Waals surface area contributed by atoms with Gasteiger partial charge in [0.25, 0.3) is 5.91 Å². The molecule has 2 aromatic rings. The molecule has 0 radical (unpaired) electrons. The van der Waals surface area contributed by atoms with Crippen molar-refractivity contribution in [1.82, 2.24) is 9.80 Å². The van der Waals surface area contributed by atoms with Gasteiger partial charge in [0.1, 0.15) is 0 Å². The number of nitrogens with zero attached hydrogens (tertiary/aromatic N) is 2. The van der Waals surface area contributed by atoms with Crippen LogP contribution in [-0.2, 0) is 14.3 Å². The molecule has 1 saturated heterocycles. The molecule has 0 aromatic heterocycles. The minimum atomic E-state index is -0.148. The van der Waals surface area contributed by atoms with Crippen LogP contribution in [0, 0.1) is 0 Å². The fourth-order valence-corrected chi connectivity index (χ4v) is 6.02. The highest BCUT2D eigenvalue weighted by molar-refractivity contribution is 6.23. The van der Waals surface area contributed by atoms with Crippen LogP contribution in [0.5, 0.6) is 0 Å². The maximum atomic E-state index is 13.0. The molecule has 1 aliphatic carbocycles. The van der Waals surface area contributed by atoms with Crippen LogP contribution in [0.15, 0.2) is 77.1 Å². The van der Waals surface area contributed by atoms with Crippen molar-refractivity contribution in [1.29, 1.82) is 0 Å². The van der Waals surface area contributed by atoms with Gasteiger partial charge in [-0.05, 0) is 62.9 Å². The number of rotatable bonds is 14. The van der Waals surface area contributed by atoms with Crippen molar-refractivity contribution in [3.05, 3.63) is 82.6 Å². The van der Waals surface area contributed by atoms with Crippen molar-refractivity contribution in [2.75, 3.05) is 39.8 Å². The lowest BCUT2D eigenvalue weighted by Crippen LogP contribution is -2.48. The quantitative estimate of drug-likeness (QED) is 0.181. The van der Waals surface area contributed by atoms with E-state index in [1.165, 1.54) is 39.2 Å². The van der Waals surface area contributed by atoms with Gasteiger partial charge in [0.05, 0.1) is 7.11 Å². The molecule has 0 N–H and O–H groups in total. The lowest BCUT2D eigenvalue weighted by atomic mass is 9.86. The highest BCUT2D eigenvalue weighted by atomic mass is 16.5. The van der Waals surface area contributed by atoms with Gasteiger partial charge in [0.2, 0.25) is 5.78 Å². The Morgan fingerprint density at radius 2 is 1.26 bits per heavy atom. The molecule has 0 atom stereocenters. The predicted octanol–water partition coefficient (Wildman–Crippen LogP) is 7.01. The summed E-state index contributed by atoms with van der Waals surface area (Å²) in [4.78, 5) is 42.5. The molecule has 0 spiro atoms. The van der Waals surface area contributed by atoms with Crippen LogP contribution in [0.3, 0.4) is 0 Å². The Morgan fingerprint density at radius 3 is 1.88 bits per heavy atom. The van der Waals surface area contributed by atoms with E-state index in [9.17, 15) is 14.4 Å². The molecule has 42 heavy (non-hydrogen) atoms. The summed E-state index contributed by atoms with van der Waals surface area (Å²) in [6.07, 6.45) is 10.00. The van der Waals surface area contributed by atoms with Crippen molar-refractivity contribution in [2.45, 2.75) is 71.6 Å². The number of piperazine rings is 1. The Bertz CT molecular complexity index is 1290. The number of amides is 1. The average Bonchev–Trinajstić information content (AvgIpc) is 3.03. The Morgan fingerprint density at radius 1 is 0.690 bits per heavy atom. The third-order valence-corrected chi connectivity index (χ3v) is 8.71. The monoisotopic (exact) mass is 570 g/mol. The first kappa shape index (κ1) is 31.4. The van der Waals surface area contributed by atoms with Crippen LogP contribution in [-0.4, -0.2) is 67.1 Å². The summed E-state index contributed by atoms with van der Waals surface area (Å²) >= 11 is 0. The van der Waals surface area contributed by atoms with Crippen LogP contribution in [0.1, 0.15) is 82.0 Å². The molecule has 4 rings (SSSR count). The van der Waals surface area contributed by atoms with E-state index in [0.717, 1.165) is 68.7 Å². The van der Waals surface area contributed by atoms with Gasteiger partial charge in [-0.2, -0.15) is 0 Å². The third kappa shape index (κ3) is 8.07. The number of benzene rings is 2. The number of hydrogen-bond acceptors (Lipinski definition) is 5. The number of carbonyl (C=O) groups excluding carboxylic acids is 3. The number of Topliss-reactive ketones (excluding diaryl/α,β-unsaturated/α-hetero) is 2. The first-order chi connectivity index (χ1) is 20.4. The van der Waals surface area contributed by atoms with Gasteiger partial charge in [-0.3, -0.25) is 19.3 Å². The van der Waals surface area contributed by atoms with Gasteiger partial charge >= 0.3 is 0 Å². The van der Waals surface area contributed by atoms with Gasteiger partial charge in [0, 0.05) is 48.5 Å². The van der Waals surface area contributed by atoms with Crippen molar-refractivity contribution in [3.8, 4) is 11.1 Å². The molecule has 224 valence electrons. The first-order valence-electron chi connectivity index (χ1n) is 15.6. The number of methoxy groups -OCH3 is 1. The maximum Gasteiger partial charge on any atom is 0.253 e. The van der Waals surface area contributed by atoms with Crippen LogP contribution in [0.4, 0.5) is 0 Å². The smallest absolute Gasteiger partial charge is 0.253 e. The Balaban J connectivity index is 1.03. The van der Waals surface area contributed by atoms with Crippen molar-refractivity contribution in [2.24, 2.45) is 0 Å². The van der Waals surface area contributed by atoms with Gasteiger partial charge in [-0.1, -0.05) is 81.0 Å². The lowest BCUT2D eigenvalue weighted by Gasteiger charge is -2.34. The summed E-state index contributed by atoms with van der Waals surface area (Å²) in [7, 11) is 1.45. The van der Waals surface area contributed by atoms with Gasteiger partial charge in [-0.15, -0.1) is 0 Å². The second kappa shape index (κ2) is 15.6. The number of ether oxygens (including phenoxy) is 1. The minimum absolute atomic E-state index is 0.0363. The molecule has 2 aromatic carbocycles. The lowest BCUT2D eigenvalue weighted by molar-refractivity contribution is -0.118. The van der Waals surface area contributed by atoms with Gasteiger partial charge in [0.15, 0.2) is 11.5 Å². The molecule has 6 nitrogen and oxygen atoms in total. The molecule has 2 aliphatic rings. The zero-order valence-electron chi connectivity index (χ0n) is 25.6. The summed E-state index contributed by atoms with van der Waals surface area (Å²) in [6.45, 7) is 8.00. The summed E-state index contributed by atoms with van der Waals surface area (Å²) < 4.78 is 5.14. The van der Waals surface area contributed by atoms with Crippen molar-refractivity contribution < 1.29 is 19.1 Å². The SMILES string of the molecule is COC1=C(C)C(=O)C(CCCCCCCCCCN2CCN(C(=O)c3ccc(-c4ccccc4)cc3)CC2)=C(C)C1=O. The van der Waals surface area contributed by atoms with Gasteiger partial charge < -0.3 is 9.64 Å². The zero-order chi connectivity index (χ0) is 29.9. The van der Waals surface area contributed by atoms with Gasteiger partial charge in [-0.25, -0.2) is 0 Å². The first-order valence-corrected chi connectivity index (χ1v) is 15.6. The third-order valence-electron chi connectivity index (χ3n) is 8.71. The summed E-state index contributed by atoms with van der Waals surface area (Å²) in [6, 6.07) is 18.2. The Hall–Kier alpha value is -3.51. The Labute approximate surface area is 251 Å². The maximum absolute atomic E-state index is 13.0. The average molecular weight is 571 g/mol. The highest BCUT2D eigenvalue weighted by Gasteiger charge is 2.30. The van der Waals surface area contributed by atoms with Crippen LogP contribution in [0.2, 0.25) is 0 Å². The largest absolute Gasteiger partial charge is 0.492 e. The fraction of sp³-hybridized carbons (Fsp3) is 0.472. The zero-order valence-corrected chi connectivity index (χ0v) is 25.6. The molecule has 1 heterocycles. The molecule has 1 fully saturated rings. The molecule has 1 aliphatic heterocycles. The van der Waals surface area contributed by atoms with Crippen molar-refractivity contribution in [3.63, 3.8) is 0 Å². The highest BCUT2D eigenvalue weighted by Crippen LogP contribution is 2.28. The summed E-state index contributed by atoms with van der Waals surface area (Å²) in [5.74, 6) is 0.141. The van der Waals surface area contributed by atoms with E-state index in [-0.39, 0.29) is 23.2 Å².